The zero-order valence-corrected chi connectivity index (χ0v) is 11.4. The molecule has 0 atom stereocenters. The number of carbonyl (C=O) groups excluding carboxylic acids is 1. The van der Waals surface area contributed by atoms with E-state index in [-0.39, 0.29) is 5.91 Å². The Bertz CT molecular complexity index is 544. The van der Waals surface area contributed by atoms with Gasteiger partial charge in [0.2, 0.25) is 0 Å². The summed E-state index contributed by atoms with van der Waals surface area (Å²) in [4.78, 5) is 16.2. The minimum atomic E-state index is -0.247. The lowest BCUT2D eigenvalue weighted by Crippen LogP contribution is -2.26. The summed E-state index contributed by atoms with van der Waals surface area (Å²) in [5, 5.41) is 2.81. The van der Waals surface area contributed by atoms with Crippen molar-refractivity contribution in [1.29, 1.82) is 0 Å². The first-order valence-corrected chi connectivity index (χ1v) is 6.12. The van der Waals surface area contributed by atoms with E-state index in [0.29, 0.717) is 30.0 Å². The van der Waals surface area contributed by atoms with Gasteiger partial charge in [0.25, 0.3) is 5.91 Å². The summed E-state index contributed by atoms with van der Waals surface area (Å²) >= 11 is 0. The van der Waals surface area contributed by atoms with Gasteiger partial charge in [-0.05, 0) is 12.1 Å². The number of hydrogen-bond donors (Lipinski definition) is 1. The van der Waals surface area contributed by atoms with Gasteiger partial charge in [0.15, 0.2) is 6.39 Å². The highest BCUT2D eigenvalue weighted by atomic mass is 16.5. The van der Waals surface area contributed by atoms with Gasteiger partial charge in [0.1, 0.15) is 23.3 Å². The Kier molecular flexibility index (Phi) is 4.60. The number of oxazole rings is 1. The van der Waals surface area contributed by atoms with Gasteiger partial charge >= 0.3 is 0 Å². The Morgan fingerprint density at radius 2 is 2.00 bits per heavy atom. The van der Waals surface area contributed by atoms with Crippen molar-refractivity contribution in [3.8, 4) is 11.5 Å². The summed E-state index contributed by atoms with van der Waals surface area (Å²) in [6.45, 7) is 0.451. The van der Waals surface area contributed by atoms with E-state index in [9.17, 15) is 4.79 Å². The third-order valence-corrected chi connectivity index (χ3v) is 2.81. The topological polar surface area (TPSA) is 73.6 Å². The van der Waals surface area contributed by atoms with Gasteiger partial charge in [-0.25, -0.2) is 4.98 Å². The van der Waals surface area contributed by atoms with Crippen LogP contribution in [0, 0.1) is 0 Å². The first-order chi connectivity index (χ1) is 9.76. The minimum Gasteiger partial charge on any atom is -0.496 e. The maximum absolute atomic E-state index is 12.2. The maximum atomic E-state index is 12.2. The second kappa shape index (κ2) is 6.60. The van der Waals surface area contributed by atoms with Crippen molar-refractivity contribution >= 4 is 5.91 Å². The van der Waals surface area contributed by atoms with Crippen LogP contribution in [0.1, 0.15) is 16.1 Å². The SMILES string of the molecule is COc1cccc(OC)c1C(=O)NCCc1cocn1. The van der Waals surface area contributed by atoms with Crippen LogP contribution in [0.4, 0.5) is 0 Å². The number of nitrogens with one attached hydrogen (secondary N) is 1. The van der Waals surface area contributed by atoms with Crippen LogP contribution in [0.3, 0.4) is 0 Å². The molecule has 1 aromatic carbocycles. The summed E-state index contributed by atoms with van der Waals surface area (Å²) in [5.74, 6) is 0.703. The lowest BCUT2D eigenvalue weighted by molar-refractivity contribution is 0.0948. The molecule has 0 radical (unpaired) electrons. The lowest BCUT2D eigenvalue weighted by Gasteiger charge is -2.12. The average Bonchev–Trinajstić information content (AvgIpc) is 2.99. The molecule has 2 rings (SSSR count). The van der Waals surface area contributed by atoms with E-state index >= 15 is 0 Å². The summed E-state index contributed by atoms with van der Waals surface area (Å²) in [7, 11) is 3.03. The molecule has 0 aliphatic carbocycles. The highest BCUT2D eigenvalue weighted by Crippen LogP contribution is 2.27. The smallest absolute Gasteiger partial charge is 0.258 e. The van der Waals surface area contributed by atoms with Gasteiger partial charge in [-0.2, -0.15) is 0 Å². The second-order valence-corrected chi connectivity index (χ2v) is 4.02. The molecule has 1 aromatic heterocycles. The van der Waals surface area contributed by atoms with Crippen molar-refractivity contribution in [3.63, 3.8) is 0 Å². The van der Waals surface area contributed by atoms with Gasteiger partial charge in [0, 0.05) is 13.0 Å². The van der Waals surface area contributed by atoms with Crippen molar-refractivity contribution in [2.75, 3.05) is 20.8 Å². The molecule has 0 unspecified atom stereocenters. The van der Waals surface area contributed by atoms with Gasteiger partial charge in [-0.15, -0.1) is 0 Å². The Hall–Kier alpha value is -2.50. The first-order valence-electron chi connectivity index (χ1n) is 6.12. The van der Waals surface area contributed by atoms with E-state index in [2.05, 4.69) is 10.3 Å². The molecule has 2 aromatic rings. The predicted molar refractivity (Wildman–Crippen MR) is 72.1 cm³/mol. The van der Waals surface area contributed by atoms with E-state index in [1.807, 2.05) is 0 Å². The van der Waals surface area contributed by atoms with Gasteiger partial charge in [-0.1, -0.05) is 6.07 Å². The Morgan fingerprint density at radius 3 is 2.55 bits per heavy atom. The maximum Gasteiger partial charge on any atom is 0.258 e. The van der Waals surface area contributed by atoms with E-state index < -0.39 is 0 Å². The van der Waals surface area contributed by atoms with Crippen LogP contribution in [-0.2, 0) is 6.42 Å². The van der Waals surface area contributed by atoms with Crippen LogP contribution in [0.15, 0.2) is 35.3 Å². The van der Waals surface area contributed by atoms with E-state index in [4.69, 9.17) is 13.9 Å². The molecule has 6 nitrogen and oxygen atoms in total. The average molecular weight is 276 g/mol. The molecule has 20 heavy (non-hydrogen) atoms. The molecule has 6 heteroatoms. The molecule has 0 fully saturated rings. The summed E-state index contributed by atoms with van der Waals surface area (Å²) in [6, 6.07) is 5.20. The number of amides is 1. The lowest BCUT2D eigenvalue weighted by atomic mass is 10.1. The van der Waals surface area contributed by atoms with Crippen molar-refractivity contribution in [1.82, 2.24) is 10.3 Å². The molecule has 106 valence electrons. The standard InChI is InChI=1S/C14H16N2O4/c1-18-11-4-3-5-12(19-2)13(11)14(17)15-7-6-10-8-20-9-16-10/h3-5,8-9H,6-7H2,1-2H3,(H,15,17). The predicted octanol–water partition coefficient (Wildman–Crippen LogP) is 1.66. The van der Waals surface area contributed by atoms with E-state index in [1.165, 1.54) is 20.6 Å². The summed E-state index contributed by atoms with van der Waals surface area (Å²) in [6.07, 6.45) is 3.51. The summed E-state index contributed by atoms with van der Waals surface area (Å²) in [5.41, 5.74) is 1.18. The van der Waals surface area contributed by atoms with Crippen molar-refractivity contribution in [2.24, 2.45) is 0 Å². The normalized spacial score (nSPS) is 10.1. The number of methoxy groups -OCH3 is 2. The number of carbonyl (C=O) groups is 1. The molecule has 1 N–H and O–H groups in total. The Labute approximate surface area is 116 Å². The number of nitrogens with zero attached hydrogens (tertiary/aromatic N) is 1. The Balaban J connectivity index is 2.04. The fourth-order valence-corrected chi connectivity index (χ4v) is 1.83. The van der Waals surface area contributed by atoms with Crippen LogP contribution in [0.5, 0.6) is 11.5 Å². The molecule has 0 aliphatic heterocycles. The van der Waals surface area contributed by atoms with E-state index in [0.717, 1.165) is 5.69 Å². The van der Waals surface area contributed by atoms with Crippen LogP contribution in [0.25, 0.3) is 0 Å². The van der Waals surface area contributed by atoms with Gasteiger partial charge in [-0.3, -0.25) is 4.79 Å². The highest BCUT2D eigenvalue weighted by Gasteiger charge is 2.17. The molecule has 0 saturated heterocycles. The monoisotopic (exact) mass is 276 g/mol. The molecule has 0 spiro atoms. The van der Waals surface area contributed by atoms with Crippen LogP contribution >= 0.6 is 0 Å². The molecule has 1 heterocycles. The molecule has 0 saturated carbocycles. The minimum absolute atomic E-state index is 0.247. The fraction of sp³-hybridized carbons (Fsp3) is 0.286. The molecule has 0 aliphatic rings. The highest BCUT2D eigenvalue weighted by molar-refractivity contribution is 5.99. The third-order valence-electron chi connectivity index (χ3n) is 2.81. The van der Waals surface area contributed by atoms with E-state index in [1.54, 1.807) is 24.5 Å². The third kappa shape index (κ3) is 3.09. The number of aromatic nitrogens is 1. The zero-order valence-electron chi connectivity index (χ0n) is 11.4. The molecular weight excluding hydrogens is 260 g/mol. The molecule has 1 amide bonds. The van der Waals surface area contributed by atoms with Crippen LogP contribution < -0.4 is 14.8 Å². The van der Waals surface area contributed by atoms with Crippen LogP contribution in [0.2, 0.25) is 0 Å². The number of hydrogen-bond acceptors (Lipinski definition) is 5. The summed E-state index contributed by atoms with van der Waals surface area (Å²) < 4.78 is 15.3. The number of rotatable bonds is 6. The zero-order chi connectivity index (χ0) is 14.4. The molecular formula is C14H16N2O4. The Morgan fingerprint density at radius 1 is 1.30 bits per heavy atom. The second-order valence-electron chi connectivity index (χ2n) is 4.02. The van der Waals surface area contributed by atoms with Gasteiger partial charge < -0.3 is 19.2 Å². The largest absolute Gasteiger partial charge is 0.496 e. The number of benzene rings is 1. The van der Waals surface area contributed by atoms with Gasteiger partial charge in [0.05, 0.1) is 19.9 Å². The molecule has 0 bridgehead atoms. The number of ether oxygens (including phenoxy) is 2. The van der Waals surface area contributed by atoms with Crippen LogP contribution in [-0.4, -0.2) is 31.7 Å². The van der Waals surface area contributed by atoms with Crippen molar-refractivity contribution in [3.05, 3.63) is 42.1 Å². The fourth-order valence-electron chi connectivity index (χ4n) is 1.83. The first kappa shape index (κ1) is 13.9. The van der Waals surface area contributed by atoms with Crippen molar-refractivity contribution < 1.29 is 18.7 Å². The van der Waals surface area contributed by atoms with Crippen molar-refractivity contribution in [2.45, 2.75) is 6.42 Å². The quantitative estimate of drug-likeness (QED) is 0.868.